The summed E-state index contributed by atoms with van der Waals surface area (Å²) in [5.74, 6) is 1.79. The number of ether oxygens (including phenoxy) is 2. The summed E-state index contributed by atoms with van der Waals surface area (Å²) in [5, 5.41) is 8.60. The van der Waals surface area contributed by atoms with Crippen molar-refractivity contribution < 1.29 is 14.6 Å². The van der Waals surface area contributed by atoms with Gasteiger partial charge in [-0.3, -0.25) is 0 Å². The molecule has 3 unspecified atom stereocenters. The molecule has 3 nitrogen and oxygen atoms in total. The molecule has 18 heavy (non-hydrogen) atoms. The van der Waals surface area contributed by atoms with E-state index in [0.717, 1.165) is 24.9 Å². The van der Waals surface area contributed by atoms with E-state index in [1.165, 1.54) is 44.9 Å². The predicted octanol–water partition coefficient (Wildman–Crippen LogP) is 2.76. The molecule has 106 valence electrons. The van der Waals surface area contributed by atoms with Gasteiger partial charge in [0.15, 0.2) is 0 Å². The van der Waals surface area contributed by atoms with E-state index < -0.39 is 0 Å². The molecule has 0 radical (unpaired) electrons. The van der Waals surface area contributed by atoms with Crippen LogP contribution in [0.25, 0.3) is 0 Å². The van der Waals surface area contributed by atoms with Gasteiger partial charge in [0, 0.05) is 13.2 Å². The van der Waals surface area contributed by atoms with Crippen molar-refractivity contribution in [1.82, 2.24) is 0 Å². The first-order valence-electron chi connectivity index (χ1n) is 7.72. The summed E-state index contributed by atoms with van der Waals surface area (Å²) in [6, 6.07) is 0. The van der Waals surface area contributed by atoms with Crippen LogP contribution in [0.3, 0.4) is 0 Å². The summed E-state index contributed by atoms with van der Waals surface area (Å²) in [5.41, 5.74) is 0. The molecule has 0 aromatic carbocycles. The average molecular weight is 256 g/mol. The summed E-state index contributed by atoms with van der Waals surface area (Å²) >= 11 is 0. The molecule has 0 aliphatic heterocycles. The van der Waals surface area contributed by atoms with E-state index >= 15 is 0 Å². The third-order valence-electron chi connectivity index (χ3n) is 4.51. The molecule has 0 heterocycles. The van der Waals surface area contributed by atoms with Crippen molar-refractivity contribution in [1.29, 1.82) is 0 Å². The maximum Gasteiger partial charge on any atom is 0.0697 e. The maximum absolute atomic E-state index is 8.60. The Hall–Kier alpha value is -0.120. The van der Waals surface area contributed by atoms with Gasteiger partial charge in [-0.25, -0.2) is 0 Å². The third kappa shape index (κ3) is 4.22. The standard InChI is InChI=1S/C15H28O3/c16-9-12-17-10-4-11-18-15-8-3-6-13-5-1-2-7-14(13)15/h13-16H,1-12H2. The average Bonchev–Trinajstić information content (AvgIpc) is 2.43. The van der Waals surface area contributed by atoms with Crippen molar-refractivity contribution in [2.75, 3.05) is 26.4 Å². The molecule has 0 bridgehead atoms. The van der Waals surface area contributed by atoms with Gasteiger partial charge >= 0.3 is 0 Å². The lowest BCUT2D eigenvalue weighted by Crippen LogP contribution is -2.36. The molecule has 3 heteroatoms. The van der Waals surface area contributed by atoms with Gasteiger partial charge in [-0.1, -0.05) is 25.7 Å². The van der Waals surface area contributed by atoms with E-state index in [9.17, 15) is 0 Å². The zero-order valence-corrected chi connectivity index (χ0v) is 11.5. The second-order valence-electron chi connectivity index (χ2n) is 5.74. The van der Waals surface area contributed by atoms with Crippen LogP contribution in [-0.4, -0.2) is 37.6 Å². The first-order valence-corrected chi connectivity index (χ1v) is 7.72. The number of fused-ring (bicyclic) bond motifs is 1. The van der Waals surface area contributed by atoms with Crippen LogP contribution in [0, 0.1) is 11.8 Å². The Kier molecular flexibility index (Phi) is 6.46. The smallest absolute Gasteiger partial charge is 0.0697 e. The Bertz CT molecular complexity index is 218. The van der Waals surface area contributed by atoms with E-state index in [1.807, 2.05) is 0 Å². The lowest BCUT2D eigenvalue weighted by Gasteiger charge is -2.41. The fourth-order valence-electron chi connectivity index (χ4n) is 3.65. The van der Waals surface area contributed by atoms with E-state index in [2.05, 4.69) is 0 Å². The first kappa shape index (κ1) is 14.3. The highest BCUT2D eigenvalue weighted by atomic mass is 16.5. The Labute approximate surface area is 111 Å². The molecule has 1 N–H and O–H groups in total. The Morgan fingerprint density at radius 2 is 1.72 bits per heavy atom. The van der Waals surface area contributed by atoms with Crippen molar-refractivity contribution in [2.45, 2.75) is 57.5 Å². The van der Waals surface area contributed by atoms with Crippen molar-refractivity contribution >= 4 is 0 Å². The molecule has 3 atom stereocenters. The van der Waals surface area contributed by atoms with Crippen molar-refractivity contribution in [3.8, 4) is 0 Å². The van der Waals surface area contributed by atoms with Crippen molar-refractivity contribution in [2.24, 2.45) is 11.8 Å². The lowest BCUT2D eigenvalue weighted by atomic mass is 9.69. The number of aliphatic hydroxyl groups is 1. The van der Waals surface area contributed by atoms with Crippen LogP contribution in [0.15, 0.2) is 0 Å². The zero-order valence-electron chi connectivity index (χ0n) is 11.5. The second-order valence-corrected chi connectivity index (χ2v) is 5.74. The van der Waals surface area contributed by atoms with Gasteiger partial charge in [0.05, 0.1) is 19.3 Å². The van der Waals surface area contributed by atoms with Gasteiger partial charge in [0.25, 0.3) is 0 Å². The molecule has 2 fully saturated rings. The summed E-state index contributed by atoms with van der Waals surface area (Å²) in [6.07, 6.45) is 11.2. The molecule has 2 aliphatic carbocycles. The quantitative estimate of drug-likeness (QED) is 0.712. The minimum atomic E-state index is 0.118. The van der Waals surface area contributed by atoms with E-state index in [-0.39, 0.29) is 6.61 Å². The van der Waals surface area contributed by atoms with Gasteiger partial charge in [0.2, 0.25) is 0 Å². The molecule has 2 saturated carbocycles. The largest absolute Gasteiger partial charge is 0.394 e. The Morgan fingerprint density at radius 3 is 2.61 bits per heavy atom. The number of hydrogen-bond acceptors (Lipinski definition) is 3. The molecule has 0 spiro atoms. The second kappa shape index (κ2) is 8.13. The van der Waals surface area contributed by atoms with Crippen LogP contribution in [-0.2, 0) is 9.47 Å². The fraction of sp³-hybridized carbons (Fsp3) is 1.00. The van der Waals surface area contributed by atoms with Gasteiger partial charge < -0.3 is 14.6 Å². The number of rotatable bonds is 7. The summed E-state index contributed by atoms with van der Waals surface area (Å²) in [6.45, 7) is 2.10. The Morgan fingerprint density at radius 1 is 0.889 bits per heavy atom. The van der Waals surface area contributed by atoms with Crippen LogP contribution in [0.5, 0.6) is 0 Å². The molecule has 0 aromatic heterocycles. The fourth-order valence-corrected chi connectivity index (χ4v) is 3.65. The van der Waals surface area contributed by atoms with E-state index in [1.54, 1.807) is 0 Å². The van der Waals surface area contributed by atoms with Crippen LogP contribution < -0.4 is 0 Å². The minimum Gasteiger partial charge on any atom is -0.394 e. The topological polar surface area (TPSA) is 38.7 Å². The third-order valence-corrected chi connectivity index (χ3v) is 4.51. The van der Waals surface area contributed by atoms with Gasteiger partial charge in [-0.05, 0) is 37.5 Å². The van der Waals surface area contributed by atoms with Gasteiger partial charge in [-0.2, -0.15) is 0 Å². The van der Waals surface area contributed by atoms with Crippen molar-refractivity contribution in [3.63, 3.8) is 0 Å². The highest BCUT2D eigenvalue weighted by Crippen LogP contribution is 2.41. The van der Waals surface area contributed by atoms with Crippen LogP contribution in [0.4, 0.5) is 0 Å². The monoisotopic (exact) mass is 256 g/mol. The van der Waals surface area contributed by atoms with Gasteiger partial charge in [0.1, 0.15) is 0 Å². The van der Waals surface area contributed by atoms with Crippen LogP contribution in [0.1, 0.15) is 51.4 Å². The van der Waals surface area contributed by atoms with Crippen LogP contribution >= 0.6 is 0 Å². The highest BCUT2D eigenvalue weighted by Gasteiger charge is 2.35. The summed E-state index contributed by atoms with van der Waals surface area (Å²) in [4.78, 5) is 0. The summed E-state index contributed by atoms with van der Waals surface area (Å²) in [7, 11) is 0. The first-order chi connectivity index (χ1) is 8.92. The number of hydrogen-bond donors (Lipinski definition) is 1. The Balaban J connectivity index is 1.62. The molecule has 0 saturated heterocycles. The van der Waals surface area contributed by atoms with E-state index in [4.69, 9.17) is 14.6 Å². The zero-order chi connectivity index (χ0) is 12.6. The lowest BCUT2D eigenvalue weighted by molar-refractivity contribution is -0.0526. The SMILES string of the molecule is OCCOCCCOC1CCCC2CCCCC21. The molecular weight excluding hydrogens is 228 g/mol. The number of aliphatic hydroxyl groups excluding tert-OH is 1. The molecule has 0 amide bonds. The van der Waals surface area contributed by atoms with Crippen molar-refractivity contribution in [3.05, 3.63) is 0 Å². The summed E-state index contributed by atoms with van der Waals surface area (Å²) < 4.78 is 11.3. The highest BCUT2D eigenvalue weighted by molar-refractivity contribution is 4.85. The normalized spacial score (nSPS) is 32.2. The van der Waals surface area contributed by atoms with Gasteiger partial charge in [-0.15, -0.1) is 0 Å². The predicted molar refractivity (Wildman–Crippen MR) is 71.6 cm³/mol. The molecule has 0 aromatic rings. The van der Waals surface area contributed by atoms with Crippen LogP contribution in [0.2, 0.25) is 0 Å². The van der Waals surface area contributed by atoms with E-state index in [0.29, 0.717) is 19.3 Å². The molecule has 2 aliphatic rings. The molecular formula is C15H28O3. The molecule has 2 rings (SSSR count). The maximum atomic E-state index is 8.60. The minimum absolute atomic E-state index is 0.118.